The number of aryl methyl sites for hydroxylation is 1. The van der Waals surface area contributed by atoms with Gasteiger partial charge in [0, 0.05) is 12.0 Å². The van der Waals surface area contributed by atoms with E-state index < -0.39 is 11.9 Å². The SMILES string of the molecule is O=C(O)c1ccc(C(=O)NC2CCCc3occc32)o1. The molecule has 2 heterocycles. The van der Waals surface area contributed by atoms with Crippen LogP contribution in [0.15, 0.2) is 33.3 Å². The molecule has 1 amide bonds. The predicted octanol–water partition coefficient (Wildman–Crippen LogP) is 2.38. The highest BCUT2D eigenvalue weighted by atomic mass is 16.4. The highest BCUT2D eigenvalue weighted by Gasteiger charge is 2.25. The van der Waals surface area contributed by atoms with Crippen molar-refractivity contribution in [3.05, 3.63) is 47.3 Å². The van der Waals surface area contributed by atoms with Gasteiger partial charge in [-0.3, -0.25) is 4.79 Å². The van der Waals surface area contributed by atoms with Gasteiger partial charge in [-0.1, -0.05) is 0 Å². The zero-order chi connectivity index (χ0) is 14.1. The molecule has 2 N–H and O–H groups in total. The van der Waals surface area contributed by atoms with Gasteiger partial charge >= 0.3 is 5.97 Å². The van der Waals surface area contributed by atoms with Gasteiger partial charge in [-0.05, 0) is 31.0 Å². The van der Waals surface area contributed by atoms with E-state index in [2.05, 4.69) is 5.32 Å². The maximum atomic E-state index is 12.1. The van der Waals surface area contributed by atoms with Crippen molar-refractivity contribution >= 4 is 11.9 Å². The second-order valence-electron chi connectivity index (χ2n) is 4.69. The Balaban J connectivity index is 1.75. The molecule has 1 aliphatic rings. The van der Waals surface area contributed by atoms with Crippen molar-refractivity contribution in [2.75, 3.05) is 0 Å². The molecule has 1 aliphatic carbocycles. The molecular formula is C14H13NO5. The first-order chi connectivity index (χ1) is 9.65. The Labute approximate surface area is 114 Å². The third-order valence-corrected chi connectivity index (χ3v) is 3.40. The van der Waals surface area contributed by atoms with E-state index in [0.29, 0.717) is 0 Å². The molecule has 0 spiro atoms. The summed E-state index contributed by atoms with van der Waals surface area (Å²) >= 11 is 0. The fraction of sp³-hybridized carbons (Fsp3) is 0.286. The van der Waals surface area contributed by atoms with Crippen molar-refractivity contribution in [2.45, 2.75) is 25.3 Å². The van der Waals surface area contributed by atoms with E-state index in [4.69, 9.17) is 13.9 Å². The molecule has 0 aliphatic heterocycles. The lowest BCUT2D eigenvalue weighted by molar-refractivity contribution is 0.0659. The van der Waals surface area contributed by atoms with Gasteiger partial charge in [0.25, 0.3) is 5.91 Å². The summed E-state index contributed by atoms with van der Waals surface area (Å²) in [6, 6.07) is 4.35. The summed E-state index contributed by atoms with van der Waals surface area (Å²) in [5, 5.41) is 11.6. The molecule has 0 saturated carbocycles. The molecule has 2 aromatic rings. The van der Waals surface area contributed by atoms with Crippen molar-refractivity contribution in [3.63, 3.8) is 0 Å². The summed E-state index contributed by atoms with van der Waals surface area (Å²) in [6.07, 6.45) is 4.25. The molecule has 0 radical (unpaired) electrons. The number of furan rings is 2. The number of aromatic carboxylic acids is 1. The summed E-state index contributed by atoms with van der Waals surface area (Å²) in [4.78, 5) is 22.8. The van der Waals surface area contributed by atoms with Gasteiger partial charge in [0.1, 0.15) is 5.76 Å². The van der Waals surface area contributed by atoms with Crippen LogP contribution in [0.3, 0.4) is 0 Å². The Bertz CT molecular complexity index is 654. The van der Waals surface area contributed by atoms with Crippen molar-refractivity contribution in [2.24, 2.45) is 0 Å². The quantitative estimate of drug-likeness (QED) is 0.897. The van der Waals surface area contributed by atoms with Crippen LogP contribution in [0.1, 0.15) is 51.3 Å². The average Bonchev–Trinajstić information content (AvgIpc) is 3.08. The molecule has 1 atom stereocenters. The molecular weight excluding hydrogens is 262 g/mol. The molecule has 0 fully saturated rings. The molecule has 0 bridgehead atoms. The van der Waals surface area contributed by atoms with E-state index in [1.807, 2.05) is 6.07 Å². The molecule has 0 aromatic carbocycles. The molecule has 3 rings (SSSR count). The van der Waals surface area contributed by atoms with Crippen LogP contribution in [0.2, 0.25) is 0 Å². The van der Waals surface area contributed by atoms with Gasteiger partial charge in [0.2, 0.25) is 5.76 Å². The van der Waals surface area contributed by atoms with Crippen LogP contribution in [0, 0.1) is 0 Å². The molecule has 20 heavy (non-hydrogen) atoms. The number of carboxylic acids is 1. The van der Waals surface area contributed by atoms with Gasteiger partial charge in [-0.2, -0.15) is 0 Å². The number of carboxylic acid groups (broad SMARTS) is 1. The molecule has 1 unspecified atom stereocenters. The predicted molar refractivity (Wildman–Crippen MR) is 67.5 cm³/mol. The number of nitrogens with one attached hydrogen (secondary N) is 1. The summed E-state index contributed by atoms with van der Waals surface area (Å²) in [7, 11) is 0. The Hall–Kier alpha value is -2.50. The highest BCUT2D eigenvalue weighted by molar-refractivity contribution is 5.93. The first-order valence-electron chi connectivity index (χ1n) is 6.35. The van der Waals surface area contributed by atoms with Crippen molar-refractivity contribution in [3.8, 4) is 0 Å². The molecule has 0 saturated heterocycles. The molecule has 2 aromatic heterocycles. The first-order valence-corrected chi connectivity index (χ1v) is 6.35. The van der Waals surface area contributed by atoms with Crippen LogP contribution < -0.4 is 5.32 Å². The van der Waals surface area contributed by atoms with Crippen molar-refractivity contribution in [1.82, 2.24) is 5.32 Å². The van der Waals surface area contributed by atoms with Gasteiger partial charge < -0.3 is 19.3 Å². The largest absolute Gasteiger partial charge is 0.475 e. The number of carbonyl (C=O) groups is 2. The second-order valence-corrected chi connectivity index (χ2v) is 4.69. The van der Waals surface area contributed by atoms with E-state index in [1.54, 1.807) is 6.26 Å². The fourth-order valence-electron chi connectivity index (χ4n) is 2.44. The normalized spacial score (nSPS) is 17.5. The van der Waals surface area contributed by atoms with Crippen LogP contribution in [-0.2, 0) is 6.42 Å². The number of fused-ring (bicyclic) bond motifs is 1. The highest BCUT2D eigenvalue weighted by Crippen LogP contribution is 2.30. The summed E-state index contributed by atoms with van der Waals surface area (Å²) in [5.41, 5.74) is 0.981. The lowest BCUT2D eigenvalue weighted by atomic mass is 9.93. The number of carbonyl (C=O) groups excluding carboxylic acids is 1. The van der Waals surface area contributed by atoms with Crippen LogP contribution >= 0.6 is 0 Å². The lowest BCUT2D eigenvalue weighted by Gasteiger charge is -2.22. The van der Waals surface area contributed by atoms with Gasteiger partial charge in [-0.15, -0.1) is 0 Å². The second kappa shape index (κ2) is 4.88. The van der Waals surface area contributed by atoms with Crippen molar-refractivity contribution < 1.29 is 23.5 Å². The number of rotatable bonds is 3. The third-order valence-electron chi connectivity index (χ3n) is 3.40. The number of hydrogen-bond donors (Lipinski definition) is 2. The zero-order valence-corrected chi connectivity index (χ0v) is 10.6. The Morgan fingerprint density at radius 3 is 2.80 bits per heavy atom. The van der Waals surface area contributed by atoms with Gasteiger partial charge in [0.05, 0.1) is 12.3 Å². The fourth-order valence-corrected chi connectivity index (χ4v) is 2.44. The van der Waals surface area contributed by atoms with Crippen LogP contribution in [-0.4, -0.2) is 17.0 Å². The van der Waals surface area contributed by atoms with Crippen LogP contribution in [0.25, 0.3) is 0 Å². The maximum absolute atomic E-state index is 12.1. The molecule has 6 heteroatoms. The monoisotopic (exact) mass is 275 g/mol. The first kappa shape index (κ1) is 12.5. The van der Waals surface area contributed by atoms with E-state index >= 15 is 0 Å². The Morgan fingerprint density at radius 2 is 2.05 bits per heavy atom. The number of hydrogen-bond acceptors (Lipinski definition) is 4. The number of amides is 1. The summed E-state index contributed by atoms with van der Waals surface area (Å²) in [5.74, 6) is -0.969. The minimum absolute atomic E-state index is 0.00183. The maximum Gasteiger partial charge on any atom is 0.371 e. The molecule has 104 valence electrons. The van der Waals surface area contributed by atoms with Gasteiger partial charge in [0.15, 0.2) is 5.76 Å². The van der Waals surface area contributed by atoms with E-state index in [9.17, 15) is 9.59 Å². The Morgan fingerprint density at radius 1 is 1.25 bits per heavy atom. The summed E-state index contributed by atoms with van der Waals surface area (Å²) < 4.78 is 10.3. The Kier molecular flexibility index (Phi) is 3.06. The molecule has 6 nitrogen and oxygen atoms in total. The third kappa shape index (κ3) is 2.20. The van der Waals surface area contributed by atoms with Crippen LogP contribution in [0.5, 0.6) is 0 Å². The smallest absolute Gasteiger partial charge is 0.371 e. The standard InChI is InChI=1S/C14H13NO5/c16-13(11-4-5-12(20-11)14(17)18)15-9-2-1-3-10-8(9)6-7-19-10/h4-7,9H,1-3H2,(H,15,16)(H,17,18). The minimum Gasteiger partial charge on any atom is -0.475 e. The lowest BCUT2D eigenvalue weighted by Crippen LogP contribution is -2.30. The van der Waals surface area contributed by atoms with Gasteiger partial charge in [-0.25, -0.2) is 4.79 Å². The summed E-state index contributed by atoms with van der Waals surface area (Å²) in [6.45, 7) is 0. The zero-order valence-electron chi connectivity index (χ0n) is 10.6. The average molecular weight is 275 g/mol. The van der Waals surface area contributed by atoms with Crippen molar-refractivity contribution in [1.29, 1.82) is 0 Å². The van der Waals surface area contributed by atoms with E-state index in [0.717, 1.165) is 30.6 Å². The van der Waals surface area contributed by atoms with E-state index in [1.165, 1.54) is 12.1 Å². The topological polar surface area (TPSA) is 92.7 Å². The van der Waals surface area contributed by atoms with Crippen LogP contribution in [0.4, 0.5) is 0 Å². The minimum atomic E-state index is -1.20. The van der Waals surface area contributed by atoms with E-state index in [-0.39, 0.29) is 17.6 Å².